The maximum atomic E-state index is 13.0. The molecule has 1 saturated heterocycles. The third-order valence-electron chi connectivity index (χ3n) is 7.06. The third kappa shape index (κ3) is 3.85. The summed E-state index contributed by atoms with van der Waals surface area (Å²) in [7, 11) is 5.86. The summed E-state index contributed by atoms with van der Waals surface area (Å²) in [5.74, 6) is 0. The van der Waals surface area contributed by atoms with Crippen LogP contribution in [0.2, 0.25) is 0 Å². The number of likely N-dealkylation sites (N-methyl/N-ethyl adjacent to an activating group) is 1. The van der Waals surface area contributed by atoms with Crippen LogP contribution < -0.4 is 4.48 Å². The number of hydrogen-bond acceptors (Lipinski definition) is 2. The minimum atomic E-state index is -0.186. The molecule has 1 aliphatic heterocycles. The number of likely N-dealkylation sites (tertiary alicyclic amines) is 1. The van der Waals surface area contributed by atoms with Crippen molar-refractivity contribution in [3.05, 3.63) is 66.2 Å². The van der Waals surface area contributed by atoms with Gasteiger partial charge >= 0.3 is 6.09 Å². The summed E-state index contributed by atoms with van der Waals surface area (Å²) in [6.07, 6.45) is 2.88. The zero-order chi connectivity index (χ0) is 20.3. The first kappa shape index (κ1) is 20.6. The lowest BCUT2D eigenvalue weighted by molar-refractivity contribution is -0.915. The zero-order valence-electron chi connectivity index (χ0n) is 17.7. The average molecular weight is 383 g/mol. The van der Waals surface area contributed by atoms with Crippen LogP contribution in [0, 0.1) is 0 Å². The SMILES string of the molecule is COC(=O)[N+](C)(c1ccccc1)C1(C)CC[N+](C)(CCc2ccccc2)CC1. The predicted octanol–water partition coefficient (Wildman–Crippen LogP) is 4.63. The van der Waals surface area contributed by atoms with Gasteiger partial charge in [0.25, 0.3) is 0 Å². The van der Waals surface area contributed by atoms with Crippen LogP contribution in [0.15, 0.2) is 60.7 Å². The first-order chi connectivity index (χ1) is 13.3. The molecule has 1 heterocycles. The molecule has 150 valence electrons. The quantitative estimate of drug-likeness (QED) is 0.705. The predicted molar refractivity (Wildman–Crippen MR) is 115 cm³/mol. The molecule has 1 amide bonds. The van der Waals surface area contributed by atoms with E-state index in [0.29, 0.717) is 0 Å². The lowest BCUT2D eigenvalue weighted by atomic mass is 9.84. The number of rotatable bonds is 5. The number of carbonyl (C=O) groups is 1. The van der Waals surface area contributed by atoms with Gasteiger partial charge in [-0.1, -0.05) is 48.5 Å². The molecule has 1 aliphatic rings. The van der Waals surface area contributed by atoms with Crippen LogP contribution in [0.1, 0.15) is 25.3 Å². The Bertz CT molecular complexity index is 783. The van der Waals surface area contributed by atoms with Crippen LogP contribution in [-0.4, -0.2) is 57.0 Å². The molecule has 3 rings (SSSR count). The Morgan fingerprint density at radius 3 is 2.11 bits per heavy atom. The molecule has 0 saturated carbocycles. The highest BCUT2D eigenvalue weighted by molar-refractivity contribution is 5.83. The van der Waals surface area contributed by atoms with Crippen LogP contribution in [0.25, 0.3) is 0 Å². The van der Waals surface area contributed by atoms with Crippen molar-refractivity contribution in [2.45, 2.75) is 31.7 Å². The van der Waals surface area contributed by atoms with E-state index in [4.69, 9.17) is 4.74 Å². The lowest BCUT2D eigenvalue weighted by Crippen LogP contribution is -2.70. The van der Waals surface area contributed by atoms with E-state index in [1.807, 2.05) is 37.4 Å². The fourth-order valence-electron chi connectivity index (χ4n) is 4.52. The van der Waals surface area contributed by atoms with Gasteiger partial charge in [0, 0.05) is 6.42 Å². The Kier molecular flexibility index (Phi) is 5.92. The number of carbonyl (C=O) groups excluding carboxylic acids is 1. The van der Waals surface area contributed by atoms with Gasteiger partial charge in [0.15, 0.2) is 0 Å². The molecule has 1 unspecified atom stereocenters. The number of hydrogen-bond donors (Lipinski definition) is 0. The lowest BCUT2D eigenvalue weighted by Gasteiger charge is -2.51. The van der Waals surface area contributed by atoms with Gasteiger partial charge in [-0.15, -0.1) is 0 Å². The normalized spacial score (nSPS) is 27.0. The topological polar surface area (TPSA) is 26.3 Å². The second-order valence-electron chi connectivity index (χ2n) is 8.83. The van der Waals surface area contributed by atoms with Crippen molar-refractivity contribution < 1.29 is 14.0 Å². The highest BCUT2D eigenvalue weighted by atomic mass is 16.5. The number of amides is 1. The molecular weight excluding hydrogens is 348 g/mol. The van der Waals surface area contributed by atoms with Crippen LogP contribution in [0.4, 0.5) is 10.5 Å². The van der Waals surface area contributed by atoms with Crippen LogP contribution in [0.3, 0.4) is 0 Å². The molecule has 0 aliphatic carbocycles. The smallest absolute Gasteiger partial charge is 0.423 e. The fraction of sp³-hybridized carbons (Fsp3) is 0.458. The van der Waals surface area contributed by atoms with Crippen LogP contribution >= 0.6 is 0 Å². The molecule has 2 aromatic rings. The van der Waals surface area contributed by atoms with E-state index >= 15 is 0 Å². The summed E-state index contributed by atoms with van der Waals surface area (Å²) >= 11 is 0. The molecule has 0 bridgehead atoms. The number of piperidine rings is 1. The van der Waals surface area contributed by atoms with Crippen molar-refractivity contribution in [2.75, 3.05) is 40.8 Å². The van der Waals surface area contributed by atoms with Gasteiger partial charge in [0.2, 0.25) is 0 Å². The largest absolute Gasteiger partial charge is 0.521 e. The fourth-order valence-corrected chi connectivity index (χ4v) is 4.52. The van der Waals surface area contributed by atoms with Gasteiger partial charge in [-0.2, -0.15) is 9.28 Å². The van der Waals surface area contributed by atoms with E-state index in [9.17, 15) is 4.79 Å². The van der Waals surface area contributed by atoms with Crippen molar-refractivity contribution in [1.82, 2.24) is 4.48 Å². The summed E-state index contributed by atoms with van der Waals surface area (Å²) in [4.78, 5) is 13.0. The summed E-state index contributed by atoms with van der Waals surface area (Å²) < 4.78 is 6.53. The first-order valence-electron chi connectivity index (χ1n) is 10.2. The number of methoxy groups -OCH3 is 1. The van der Waals surface area contributed by atoms with Gasteiger partial charge in [-0.25, -0.2) is 0 Å². The molecule has 4 heteroatoms. The Morgan fingerprint density at radius 2 is 1.57 bits per heavy atom. The second kappa shape index (κ2) is 8.06. The molecule has 1 fully saturated rings. The molecule has 28 heavy (non-hydrogen) atoms. The number of benzene rings is 2. The van der Waals surface area contributed by atoms with E-state index in [0.717, 1.165) is 49.1 Å². The van der Waals surface area contributed by atoms with Gasteiger partial charge < -0.3 is 9.22 Å². The van der Waals surface area contributed by atoms with E-state index in [2.05, 4.69) is 44.3 Å². The number of quaternary nitrogens is 2. The van der Waals surface area contributed by atoms with Crippen LogP contribution in [0.5, 0.6) is 0 Å². The summed E-state index contributed by atoms with van der Waals surface area (Å²) in [6, 6.07) is 20.8. The average Bonchev–Trinajstić information content (AvgIpc) is 2.75. The molecule has 2 aromatic carbocycles. The minimum absolute atomic E-state index is 0.182. The summed E-state index contributed by atoms with van der Waals surface area (Å²) in [5, 5.41) is 0. The summed E-state index contributed by atoms with van der Waals surface area (Å²) in [6.45, 7) is 5.52. The summed E-state index contributed by atoms with van der Waals surface area (Å²) in [5.41, 5.74) is 2.21. The Morgan fingerprint density at radius 1 is 1.04 bits per heavy atom. The molecule has 0 aromatic heterocycles. The minimum Gasteiger partial charge on any atom is -0.423 e. The standard InChI is InChI=1S/C24H34N2O2/c1-24(26(3,23(27)28-4)22-13-9-6-10-14-22)16-19-25(2,20-17-24)18-15-21-11-7-5-8-12-21/h5-14H,15-20H2,1-4H3/q+2. The molecule has 0 N–H and O–H groups in total. The van der Waals surface area contributed by atoms with Gasteiger partial charge in [0.05, 0.1) is 53.7 Å². The number of nitrogens with zero attached hydrogens (tertiary/aromatic N) is 2. The van der Waals surface area contributed by atoms with Crippen molar-refractivity contribution >= 4 is 11.8 Å². The van der Waals surface area contributed by atoms with E-state index in [1.54, 1.807) is 0 Å². The van der Waals surface area contributed by atoms with E-state index in [-0.39, 0.29) is 16.1 Å². The van der Waals surface area contributed by atoms with Gasteiger partial charge in [-0.3, -0.25) is 0 Å². The monoisotopic (exact) mass is 382 g/mol. The molecule has 0 radical (unpaired) electrons. The number of para-hydroxylation sites is 1. The highest BCUT2D eigenvalue weighted by Gasteiger charge is 2.56. The zero-order valence-corrected chi connectivity index (χ0v) is 17.7. The number of ether oxygens (including phenoxy) is 1. The van der Waals surface area contributed by atoms with Crippen molar-refractivity contribution in [1.29, 1.82) is 0 Å². The third-order valence-corrected chi connectivity index (χ3v) is 7.06. The molecular formula is C24H34N2O2+2. The maximum Gasteiger partial charge on any atom is 0.521 e. The Balaban J connectivity index is 1.77. The van der Waals surface area contributed by atoms with Gasteiger partial charge in [-0.05, 0) is 24.6 Å². The second-order valence-corrected chi connectivity index (χ2v) is 8.83. The molecule has 1 atom stereocenters. The van der Waals surface area contributed by atoms with Crippen molar-refractivity contribution in [3.8, 4) is 0 Å². The Labute approximate surface area is 169 Å². The van der Waals surface area contributed by atoms with Crippen molar-refractivity contribution in [2.24, 2.45) is 0 Å². The molecule has 0 spiro atoms. The maximum absolute atomic E-state index is 13.0. The highest BCUT2D eigenvalue weighted by Crippen LogP contribution is 2.40. The van der Waals surface area contributed by atoms with Crippen molar-refractivity contribution in [3.63, 3.8) is 0 Å². The van der Waals surface area contributed by atoms with Crippen LogP contribution in [-0.2, 0) is 11.2 Å². The molecule has 4 nitrogen and oxygen atoms in total. The van der Waals surface area contributed by atoms with Gasteiger partial charge in [0.1, 0.15) is 11.2 Å². The first-order valence-corrected chi connectivity index (χ1v) is 10.2. The van der Waals surface area contributed by atoms with E-state index in [1.165, 1.54) is 12.7 Å². The Hall–Kier alpha value is -2.17. The van der Waals surface area contributed by atoms with E-state index < -0.39 is 0 Å².